The van der Waals surface area contributed by atoms with E-state index in [2.05, 4.69) is 26.8 Å². The minimum absolute atomic E-state index is 0.0540. The summed E-state index contributed by atoms with van der Waals surface area (Å²) in [5.41, 5.74) is 1.96. The van der Waals surface area contributed by atoms with Crippen LogP contribution in [0.25, 0.3) is 0 Å². The van der Waals surface area contributed by atoms with E-state index >= 15 is 0 Å². The molecule has 2 saturated heterocycles. The van der Waals surface area contributed by atoms with Crippen molar-refractivity contribution in [1.82, 2.24) is 0 Å². The van der Waals surface area contributed by atoms with Gasteiger partial charge in [-0.05, 0) is 86.0 Å². The molecule has 0 aromatic rings. The summed E-state index contributed by atoms with van der Waals surface area (Å²) in [4.78, 5) is 12.7. The molecule has 9 N–H and O–H groups in total. The second kappa shape index (κ2) is 15.9. The molecule has 0 aromatic carbocycles. The van der Waals surface area contributed by atoms with Crippen molar-refractivity contribution in [3.05, 3.63) is 22.8 Å². The van der Waals surface area contributed by atoms with Gasteiger partial charge in [0.2, 0.25) is 0 Å². The number of aliphatic hydroxyl groups is 9. The molecule has 7 rings (SSSR count). The van der Waals surface area contributed by atoms with E-state index in [0.717, 1.165) is 43.3 Å². The average molecular weight is 783 g/mol. The molecule has 0 unspecified atom stereocenters. The van der Waals surface area contributed by atoms with Crippen molar-refractivity contribution in [3.63, 3.8) is 0 Å². The third-order valence-corrected chi connectivity index (χ3v) is 15.5. The molecule has 3 saturated carbocycles. The first kappa shape index (κ1) is 41.6. The zero-order chi connectivity index (χ0) is 39.7. The van der Waals surface area contributed by atoms with Gasteiger partial charge in [0.15, 0.2) is 12.6 Å². The smallest absolute Gasteiger partial charge is 0.334 e. The summed E-state index contributed by atoms with van der Waals surface area (Å²) in [5.74, 6) is 1.26. The van der Waals surface area contributed by atoms with Crippen molar-refractivity contribution < 1.29 is 74.4 Å². The van der Waals surface area contributed by atoms with Gasteiger partial charge in [0.05, 0.1) is 32.0 Å². The summed E-state index contributed by atoms with van der Waals surface area (Å²) in [6, 6.07) is 0. The fourth-order valence-corrected chi connectivity index (χ4v) is 12.0. The van der Waals surface area contributed by atoms with E-state index in [0.29, 0.717) is 36.2 Å². The number of aliphatic hydroxyl groups excluding tert-OH is 9. The largest absolute Gasteiger partial charge is 0.458 e. The van der Waals surface area contributed by atoms with Crippen molar-refractivity contribution >= 4 is 5.97 Å². The van der Waals surface area contributed by atoms with Crippen LogP contribution in [0.15, 0.2) is 22.8 Å². The highest BCUT2D eigenvalue weighted by Crippen LogP contribution is 2.67. The van der Waals surface area contributed by atoms with Crippen LogP contribution in [-0.2, 0) is 28.5 Å². The van der Waals surface area contributed by atoms with Crippen molar-refractivity contribution in [1.29, 1.82) is 0 Å². The molecule has 312 valence electrons. The molecule has 0 aromatic heterocycles. The molecule has 5 fully saturated rings. The lowest BCUT2D eigenvalue weighted by Gasteiger charge is -2.60. The van der Waals surface area contributed by atoms with Crippen LogP contribution < -0.4 is 0 Å². The Morgan fingerprint density at radius 2 is 1.53 bits per heavy atom. The van der Waals surface area contributed by atoms with Gasteiger partial charge in [0.25, 0.3) is 0 Å². The molecular formula is C40H62O15. The number of hydrogen-bond donors (Lipinski definition) is 9. The molecule has 0 spiro atoms. The number of ether oxygens (including phenoxy) is 5. The van der Waals surface area contributed by atoms with Gasteiger partial charge in [-0.3, -0.25) is 0 Å². The first-order valence-corrected chi connectivity index (χ1v) is 20.2. The van der Waals surface area contributed by atoms with Gasteiger partial charge in [-0.15, -0.1) is 0 Å². The van der Waals surface area contributed by atoms with Crippen molar-refractivity contribution in [2.45, 2.75) is 159 Å². The first-order valence-electron chi connectivity index (χ1n) is 20.2. The third-order valence-electron chi connectivity index (χ3n) is 15.5. The third kappa shape index (κ3) is 7.06. The number of hydrogen-bond acceptors (Lipinski definition) is 15. The predicted octanol–water partition coefficient (Wildman–Crippen LogP) is -0.194. The molecule has 20 atom stereocenters. The second-order valence-corrected chi connectivity index (χ2v) is 18.0. The molecule has 55 heavy (non-hydrogen) atoms. The topological polar surface area (TPSA) is 245 Å². The molecular weight excluding hydrogens is 720 g/mol. The lowest BCUT2D eigenvalue weighted by molar-refractivity contribution is -0.337. The Labute approximate surface area is 321 Å². The minimum atomic E-state index is -1.68. The number of carbonyl (C=O) groups is 1. The number of carbonyl (C=O) groups excluding carboxylic acids is 1. The maximum Gasteiger partial charge on any atom is 0.334 e. The fraction of sp³-hybridized carbons (Fsp3) is 0.875. The number of rotatable bonds is 9. The van der Waals surface area contributed by atoms with E-state index in [9.17, 15) is 50.8 Å². The van der Waals surface area contributed by atoms with E-state index in [1.165, 1.54) is 0 Å². The van der Waals surface area contributed by atoms with E-state index in [1.54, 1.807) is 6.92 Å². The molecule has 15 nitrogen and oxygen atoms in total. The number of fused-ring (bicyclic) bond motifs is 5. The summed E-state index contributed by atoms with van der Waals surface area (Å²) >= 11 is 0. The Balaban J connectivity index is 1.00. The fourth-order valence-electron chi connectivity index (χ4n) is 12.0. The van der Waals surface area contributed by atoms with Crippen LogP contribution in [0, 0.1) is 40.4 Å². The quantitative estimate of drug-likeness (QED) is 0.109. The van der Waals surface area contributed by atoms with Gasteiger partial charge >= 0.3 is 5.97 Å². The Morgan fingerprint density at radius 3 is 2.22 bits per heavy atom. The Morgan fingerprint density at radius 1 is 0.855 bits per heavy atom. The number of allylic oxidation sites excluding steroid dienone is 1. The molecule has 3 heterocycles. The zero-order valence-electron chi connectivity index (χ0n) is 32.2. The zero-order valence-corrected chi connectivity index (χ0v) is 32.2. The van der Waals surface area contributed by atoms with Crippen LogP contribution in [0.2, 0.25) is 0 Å². The first-order chi connectivity index (χ1) is 26.0. The van der Waals surface area contributed by atoms with Gasteiger partial charge in [-0.2, -0.15) is 0 Å². The second-order valence-electron chi connectivity index (χ2n) is 18.0. The molecule has 4 aliphatic carbocycles. The van der Waals surface area contributed by atoms with Crippen LogP contribution >= 0.6 is 0 Å². The average Bonchev–Trinajstić information content (AvgIpc) is 3.52. The Kier molecular flexibility index (Phi) is 12.0. The van der Waals surface area contributed by atoms with E-state index < -0.39 is 92.2 Å². The van der Waals surface area contributed by atoms with Crippen LogP contribution in [0.4, 0.5) is 0 Å². The van der Waals surface area contributed by atoms with Gasteiger partial charge < -0.3 is 69.6 Å². The Bertz CT molecular complexity index is 1470. The van der Waals surface area contributed by atoms with E-state index in [-0.39, 0.29) is 42.4 Å². The molecule has 0 amide bonds. The maximum absolute atomic E-state index is 12.7. The summed E-state index contributed by atoms with van der Waals surface area (Å²) < 4.78 is 29.0. The van der Waals surface area contributed by atoms with Crippen LogP contribution in [0.1, 0.15) is 79.1 Å². The molecule has 15 heteroatoms. The molecule has 7 aliphatic rings. The van der Waals surface area contributed by atoms with E-state index in [4.69, 9.17) is 23.7 Å². The van der Waals surface area contributed by atoms with Crippen molar-refractivity contribution in [2.24, 2.45) is 40.4 Å². The summed E-state index contributed by atoms with van der Waals surface area (Å²) in [6.45, 7) is 7.25. The van der Waals surface area contributed by atoms with Crippen LogP contribution in [-0.4, -0.2) is 151 Å². The normalized spacial score (nSPS) is 50.7. The molecule has 0 bridgehead atoms. The molecule has 0 radical (unpaired) electrons. The highest BCUT2D eigenvalue weighted by molar-refractivity contribution is 5.89. The SMILES string of the molecule is CC1=C(CO)C[C@@H]([C@H](C)[C@@H]2CC[C@@H]3[C@H]4CC=C5C[C@@H](O[C@H]6O[C@@H](CO[C@@H]7O[C@H](CO)[C@@H](O)[C@@H](O)[C@@H]7O)[C@H](O)[C@@H](O)[C@@H]6O)C[C@@H](O)[C@@]5(C)[C@@H]4CC[C@]32C)OC1=O. The lowest BCUT2D eigenvalue weighted by Crippen LogP contribution is -2.62. The van der Waals surface area contributed by atoms with E-state index in [1.807, 2.05) is 0 Å². The number of cyclic esters (lactones) is 1. The van der Waals surface area contributed by atoms with Gasteiger partial charge in [-0.25, -0.2) is 4.79 Å². The summed E-state index contributed by atoms with van der Waals surface area (Å²) in [7, 11) is 0. The molecule has 3 aliphatic heterocycles. The van der Waals surface area contributed by atoms with Gasteiger partial charge in [0.1, 0.15) is 54.9 Å². The lowest BCUT2D eigenvalue weighted by atomic mass is 9.46. The maximum atomic E-state index is 12.7. The minimum Gasteiger partial charge on any atom is -0.458 e. The highest BCUT2D eigenvalue weighted by Gasteiger charge is 2.62. The standard InChI is InChI=1S/C40H62O15/c1-17-19(14-41)11-26(53-36(17)50)18(2)23-7-8-24-22-6-5-20-12-21(13-29(43)40(20,4)25(22)9-10-39(23,24)3)52-38-35(49)33(47)31(45)28(55-38)16-51-37-34(48)32(46)30(44)27(15-42)54-37/h5,18,21-35,37-38,41-49H,6-16H2,1-4H3/t18-,21-,22-,23+,24-,25-,26+,27-,28+,29-,30-,31+,32-,33-,34+,35+,37-,38+,39+,40-/m1/s1. The van der Waals surface area contributed by atoms with Crippen molar-refractivity contribution in [3.8, 4) is 0 Å². The van der Waals surface area contributed by atoms with Crippen molar-refractivity contribution in [2.75, 3.05) is 19.8 Å². The predicted molar refractivity (Wildman–Crippen MR) is 191 cm³/mol. The van der Waals surface area contributed by atoms with Crippen LogP contribution in [0.5, 0.6) is 0 Å². The Hall–Kier alpha value is -1.57. The monoisotopic (exact) mass is 782 g/mol. The van der Waals surface area contributed by atoms with Crippen LogP contribution in [0.3, 0.4) is 0 Å². The highest BCUT2D eigenvalue weighted by atomic mass is 16.7. The summed E-state index contributed by atoms with van der Waals surface area (Å²) in [6.07, 6.45) is -8.19. The number of esters is 1. The van der Waals surface area contributed by atoms with Gasteiger partial charge in [0, 0.05) is 23.8 Å². The van der Waals surface area contributed by atoms with Gasteiger partial charge in [-0.1, -0.05) is 32.4 Å². The summed E-state index contributed by atoms with van der Waals surface area (Å²) in [5, 5.41) is 94.2.